The van der Waals surface area contributed by atoms with Crippen LogP contribution in [-0.2, 0) is 6.54 Å². The van der Waals surface area contributed by atoms with Crippen molar-refractivity contribution in [1.29, 1.82) is 0 Å². The van der Waals surface area contributed by atoms with E-state index in [9.17, 15) is 0 Å². The molecule has 2 heterocycles. The van der Waals surface area contributed by atoms with Crippen LogP contribution in [0.2, 0.25) is 0 Å². The highest BCUT2D eigenvalue weighted by Gasteiger charge is 2.23. The third kappa shape index (κ3) is 2.88. The van der Waals surface area contributed by atoms with E-state index in [1.165, 1.54) is 37.8 Å². The van der Waals surface area contributed by atoms with Crippen LogP contribution in [0.4, 0.5) is 0 Å². The number of nitrogens with one attached hydrogen (secondary N) is 1. The zero-order valence-electron chi connectivity index (χ0n) is 11.8. The number of nitrogens with zero attached hydrogens (tertiary/aromatic N) is 3. The van der Waals surface area contributed by atoms with Crippen LogP contribution in [0.3, 0.4) is 0 Å². The Labute approximate surface area is 128 Å². The lowest BCUT2D eigenvalue weighted by molar-refractivity contribution is 0.253. The van der Waals surface area contributed by atoms with Crippen molar-refractivity contribution in [1.82, 2.24) is 19.7 Å². The molecule has 0 aliphatic heterocycles. The summed E-state index contributed by atoms with van der Waals surface area (Å²) in [5.74, 6) is 0.830. The van der Waals surface area contributed by atoms with Crippen LogP contribution in [0.15, 0.2) is 23.2 Å². The Hall–Kier alpha value is -0.940. The highest BCUT2D eigenvalue weighted by atomic mass is 79.9. The van der Waals surface area contributed by atoms with Crippen molar-refractivity contribution in [2.75, 3.05) is 0 Å². The number of fused-ring (bicyclic) bond motifs is 1. The van der Waals surface area contributed by atoms with Gasteiger partial charge in [0.2, 0.25) is 0 Å². The first-order valence-corrected chi connectivity index (χ1v) is 8.28. The lowest BCUT2D eigenvalue weighted by Gasteiger charge is -2.31. The van der Waals surface area contributed by atoms with Crippen molar-refractivity contribution in [3.8, 4) is 0 Å². The Morgan fingerprint density at radius 3 is 3.00 bits per heavy atom. The quantitative estimate of drug-likeness (QED) is 0.928. The third-order valence-electron chi connectivity index (χ3n) is 4.42. The van der Waals surface area contributed by atoms with E-state index in [1.807, 2.05) is 12.4 Å². The molecule has 0 bridgehead atoms. The maximum atomic E-state index is 4.40. The molecule has 108 valence electrons. The summed E-state index contributed by atoms with van der Waals surface area (Å²) in [6.45, 7) is 3.18. The lowest BCUT2D eigenvalue weighted by Crippen LogP contribution is -2.38. The summed E-state index contributed by atoms with van der Waals surface area (Å²) in [6.07, 6.45) is 12.4. The molecule has 2 aromatic heterocycles. The molecule has 0 radical (unpaired) electrons. The molecule has 1 aliphatic rings. The second-order valence-corrected chi connectivity index (χ2v) is 6.44. The minimum atomic E-state index is 0.657. The second kappa shape index (κ2) is 6.22. The molecule has 3 rings (SSSR count). The maximum Gasteiger partial charge on any atom is 0.155 e. The summed E-state index contributed by atoms with van der Waals surface area (Å²) >= 11 is 3.42. The van der Waals surface area contributed by atoms with Crippen molar-refractivity contribution < 1.29 is 0 Å². The molecular formula is C15H21BrN4. The molecule has 1 saturated carbocycles. The van der Waals surface area contributed by atoms with Crippen LogP contribution in [0.5, 0.6) is 0 Å². The Kier molecular flexibility index (Phi) is 4.36. The SMILES string of the molecule is CCC1CCCCC1NCc1cnc2cnc(Br)cn12. The molecule has 2 atom stereocenters. The zero-order chi connectivity index (χ0) is 13.9. The van der Waals surface area contributed by atoms with E-state index in [0.29, 0.717) is 6.04 Å². The number of imidazole rings is 1. The average molecular weight is 337 g/mol. The highest BCUT2D eigenvalue weighted by molar-refractivity contribution is 9.10. The van der Waals surface area contributed by atoms with Gasteiger partial charge in [0, 0.05) is 18.8 Å². The Morgan fingerprint density at radius 2 is 2.15 bits per heavy atom. The van der Waals surface area contributed by atoms with Gasteiger partial charge in [-0.3, -0.25) is 4.40 Å². The van der Waals surface area contributed by atoms with Crippen molar-refractivity contribution in [2.24, 2.45) is 5.92 Å². The van der Waals surface area contributed by atoms with Crippen LogP contribution >= 0.6 is 15.9 Å². The van der Waals surface area contributed by atoms with Crippen molar-refractivity contribution in [3.05, 3.63) is 28.9 Å². The molecule has 2 aromatic rings. The van der Waals surface area contributed by atoms with Gasteiger partial charge < -0.3 is 5.32 Å². The molecule has 4 nitrogen and oxygen atoms in total. The minimum absolute atomic E-state index is 0.657. The topological polar surface area (TPSA) is 42.2 Å². The first kappa shape index (κ1) is 14.0. The number of aromatic nitrogens is 3. The molecule has 2 unspecified atom stereocenters. The van der Waals surface area contributed by atoms with E-state index in [4.69, 9.17) is 0 Å². The van der Waals surface area contributed by atoms with Gasteiger partial charge in [-0.1, -0.05) is 26.2 Å². The van der Waals surface area contributed by atoms with E-state index in [1.54, 1.807) is 6.20 Å². The Balaban J connectivity index is 1.71. The number of rotatable bonds is 4. The predicted molar refractivity (Wildman–Crippen MR) is 83.6 cm³/mol. The number of halogens is 1. The summed E-state index contributed by atoms with van der Waals surface area (Å²) in [5, 5.41) is 3.74. The normalized spacial score (nSPS) is 23.3. The third-order valence-corrected chi connectivity index (χ3v) is 4.83. The van der Waals surface area contributed by atoms with E-state index in [0.717, 1.165) is 22.7 Å². The van der Waals surface area contributed by atoms with E-state index in [-0.39, 0.29) is 0 Å². The lowest BCUT2D eigenvalue weighted by atomic mass is 9.83. The average Bonchev–Trinajstić information content (AvgIpc) is 2.87. The molecule has 0 spiro atoms. The molecule has 0 aromatic carbocycles. The summed E-state index contributed by atoms with van der Waals surface area (Å²) < 4.78 is 2.95. The van der Waals surface area contributed by atoms with E-state index >= 15 is 0 Å². The summed E-state index contributed by atoms with van der Waals surface area (Å²) in [6, 6.07) is 0.657. The van der Waals surface area contributed by atoms with Gasteiger partial charge in [0.1, 0.15) is 4.60 Å². The van der Waals surface area contributed by atoms with Crippen LogP contribution in [0.1, 0.15) is 44.7 Å². The highest BCUT2D eigenvalue weighted by Crippen LogP contribution is 2.27. The minimum Gasteiger partial charge on any atom is -0.308 e. The van der Waals surface area contributed by atoms with Gasteiger partial charge in [-0.2, -0.15) is 0 Å². The largest absolute Gasteiger partial charge is 0.308 e. The maximum absolute atomic E-state index is 4.40. The Morgan fingerprint density at radius 1 is 1.30 bits per heavy atom. The molecule has 5 heteroatoms. The van der Waals surface area contributed by atoms with E-state index in [2.05, 4.69) is 42.5 Å². The summed E-state index contributed by atoms with van der Waals surface area (Å²) in [4.78, 5) is 8.61. The van der Waals surface area contributed by atoms with Gasteiger partial charge in [0.05, 0.1) is 18.1 Å². The molecule has 1 N–H and O–H groups in total. The molecule has 0 saturated heterocycles. The standard InChI is InChI=1S/C15H21BrN4/c1-2-11-5-3-4-6-13(11)17-7-12-8-19-15-9-18-14(16)10-20(12)15/h8-11,13,17H,2-7H2,1H3. The fourth-order valence-corrected chi connectivity index (χ4v) is 3.55. The smallest absolute Gasteiger partial charge is 0.155 e. The zero-order valence-corrected chi connectivity index (χ0v) is 13.4. The van der Waals surface area contributed by atoms with Crippen molar-refractivity contribution in [3.63, 3.8) is 0 Å². The van der Waals surface area contributed by atoms with Gasteiger partial charge in [-0.05, 0) is 34.7 Å². The summed E-state index contributed by atoms with van der Waals surface area (Å²) in [7, 11) is 0. The van der Waals surface area contributed by atoms with Crippen LogP contribution in [-0.4, -0.2) is 20.4 Å². The van der Waals surface area contributed by atoms with Gasteiger partial charge in [0.15, 0.2) is 5.65 Å². The molecule has 0 amide bonds. The fraction of sp³-hybridized carbons (Fsp3) is 0.600. The predicted octanol–water partition coefficient (Wildman–Crippen LogP) is 3.55. The van der Waals surface area contributed by atoms with Crippen LogP contribution in [0.25, 0.3) is 5.65 Å². The van der Waals surface area contributed by atoms with Crippen LogP contribution < -0.4 is 5.32 Å². The molecule has 1 fully saturated rings. The van der Waals surface area contributed by atoms with Crippen molar-refractivity contribution >= 4 is 21.6 Å². The van der Waals surface area contributed by atoms with Gasteiger partial charge in [-0.15, -0.1) is 0 Å². The van der Waals surface area contributed by atoms with E-state index < -0.39 is 0 Å². The number of hydrogen-bond acceptors (Lipinski definition) is 3. The number of hydrogen-bond donors (Lipinski definition) is 1. The monoisotopic (exact) mass is 336 g/mol. The second-order valence-electron chi connectivity index (χ2n) is 5.63. The Bertz CT molecular complexity index is 580. The van der Waals surface area contributed by atoms with Gasteiger partial charge in [0.25, 0.3) is 0 Å². The molecular weight excluding hydrogens is 316 g/mol. The first-order valence-electron chi connectivity index (χ1n) is 7.48. The summed E-state index contributed by atoms with van der Waals surface area (Å²) in [5.41, 5.74) is 2.10. The van der Waals surface area contributed by atoms with Crippen molar-refractivity contribution in [2.45, 2.75) is 51.6 Å². The molecule has 1 aliphatic carbocycles. The first-order chi connectivity index (χ1) is 9.78. The van der Waals surface area contributed by atoms with Crippen LogP contribution in [0, 0.1) is 5.92 Å². The molecule has 20 heavy (non-hydrogen) atoms. The fourth-order valence-electron chi connectivity index (χ4n) is 3.25. The van der Waals surface area contributed by atoms with Gasteiger partial charge >= 0.3 is 0 Å². The van der Waals surface area contributed by atoms with Gasteiger partial charge in [-0.25, -0.2) is 9.97 Å².